The van der Waals surface area contributed by atoms with E-state index in [1.165, 1.54) is 0 Å². The molecule has 18 heavy (non-hydrogen) atoms. The first-order valence-corrected chi connectivity index (χ1v) is 6.25. The topological polar surface area (TPSA) is 54.8 Å². The Hall–Kier alpha value is -1.17. The van der Waals surface area contributed by atoms with E-state index in [1.807, 2.05) is 18.2 Å². The average Bonchev–Trinajstić information content (AvgIpc) is 2.78. The second-order valence-corrected chi connectivity index (χ2v) is 4.57. The molecule has 100 valence electrons. The van der Waals surface area contributed by atoms with Gasteiger partial charge >= 0.3 is 0 Å². The fraction of sp³-hybridized carbons (Fsp3) is 0.615. The van der Waals surface area contributed by atoms with Gasteiger partial charge in [-0.2, -0.15) is 0 Å². The molecule has 0 aromatic carbocycles. The van der Waals surface area contributed by atoms with Crippen LogP contribution in [-0.4, -0.2) is 60.5 Å². The fourth-order valence-electron chi connectivity index (χ4n) is 2.19. The number of hydrogen-bond donors (Lipinski definition) is 1. The molecule has 0 amide bonds. The maximum Gasteiger partial charge on any atom is 0.213 e. The van der Waals surface area contributed by atoms with E-state index in [0.29, 0.717) is 19.0 Å². The lowest BCUT2D eigenvalue weighted by Gasteiger charge is -2.19. The van der Waals surface area contributed by atoms with Crippen LogP contribution in [0.25, 0.3) is 0 Å². The van der Waals surface area contributed by atoms with E-state index in [-0.39, 0.29) is 6.10 Å². The standard InChI is InChI=1S/C13H20N2O3/c1-17-10-11(16)8-15-7-5-12(9-15)18-13-4-2-3-6-14-13/h2-4,6,11-12,16H,5,7-10H2,1H3/t11-,12?/m1/s1. The molecule has 0 bridgehead atoms. The van der Waals surface area contributed by atoms with E-state index in [1.54, 1.807) is 13.3 Å². The van der Waals surface area contributed by atoms with Gasteiger partial charge in [0.05, 0.1) is 12.7 Å². The predicted octanol–water partition coefficient (Wildman–Crippen LogP) is 0.542. The SMILES string of the molecule is COC[C@H](O)CN1CCC(Oc2ccccn2)C1. The minimum atomic E-state index is -0.427. The lowest BCUT2D eigenvalue weighted by atomic mass is 10.3. The van der Waals surface area contributed by atoms with Gasteiger partial charge in [-0.1, -0.05) is 6.07 Å². The molecular formula is C13H20N2O3. The Labute approximate surface area is 107 Å². The third kappa shape index (κ3) is 3.94. The number of ether oxygens (including phenoxy) is 2. The summed E-state index contributed by atoms with van der Waals surface area (Å²) >= 11 is 0. The highest BCUT2D eigenvalue weighted by molar-refractivity contribution is 5.10. The van der Waals surface area contributed by atoms with Crippen molar-refractivity contribution in [1.29, 1.82) is 0 Å². The third-order valence-electron chi connectivity index (χ3n) is 2.98. The molecule has 1 unspecified atom stereocenters. The summed E-state index contributed by atoms with van der Waals surface area (Å²) in [4.78, 5) is 6.34. The zero-order chi connectivity index (χ0) is 12.8. The van der Waals surface area contributed by atoms with Gasteiger partial charge in [-0.3, -0.25) is 4.90 Å². The molecule has 2 atom stereocenters. The summed E-state index contributed by atoms with van der Waals surface area (Å²) in [6.45, 7) is 2.79. The van der Waals surface area contributed by atoms with Crippen LogP contribution in [0.3, 0.4) is 0 Å². The minimum absolute atomic E-state index is 0.162. The number of β-amino-alcohol motifs (C(OH)–C–C–N with tert-alkyl or cyclic N) is 1. The van der Waals surface area contributed by atoms with E-state index in [2.05, 4.69) is 9.88 Å². The lowest BCUT2D eigenvalue weighted by Crippen LogP contribution is -2.34. The first kappa shape index (κ1) is 13.3. The molecular weight excluding hydrogens is 232 g/mol. The monoisotopic (exact) mass is 252 g/mol. The van der Waals surface area contributed by atoms with Crippen LogP contribution >= 0.6 is 0 Å². The second kappa shape index (κ2) is 6.68. The van der Waals surface area contributed by atoms with E-state index < -0.39 is 6.10 Å². The Morgan fingerprint density at radius 1 is 1.56 bits per heavy atom. The van der Waals surface area contributed by atoms with E-state index in [4.69, 9.17) is 9.47 Å². The normalized spacial score (nSPS) is 22.0. The Morgan fingerprint density at radius 3 is 3.17 bits per heavy atom. The van der Waals surface area contributed by atoms with Crippen molar-refractivity contribution in [3.05, 3.63) is 24.4 Å². The van der Waals surface area contributed by atoms with Crippen LogP contribution < -0.4 is 4.74 Å². The van der Waals surface area contributed by atoms with Gasteiger partial charge in [-0.25, -0.2) is 4.98 Å². The summed E-state index contributed by atoms with van der Waals surface area (Å²) in [6.07, 6.45) is 2.43. The molecule has 5 nitrogen and oxygen atoms in total. The molecule has 1 saturated heterocycles. The number of likely N-dealkylation sites (tertiary alicyclic amines) is 1. The summed E-state index contributed by atoms with van der Waals surface area (Å²) < 4.78 is 10.7. The largest absolute Gasteiger partial charge is 0.473 e. The van der Waals surface area contributed by atoms with E-state index in [9.17, 15) is 5.11 Å². The van der Waals surface area contributed by atoms with Crippen molar-refractivity contribution in [2.45, 2.75) is 18.6 Å². The van der Waals surface area contributed by atoms with Crippen molar-refractivity contribution in [2.24, 2.45) is 0 Å². The van der Waals surface area contributed by atoms with Gasteiger partial charge in [0, 0.05) is 39.0 Å². The number of rotatable bonds is 6. The van der Waals surface area contributed by atoms with E-state index >= 15 is 0 Å². The Morgan fingerprint density at radius 2 is 2.44 bits per heavy atom. The molecule has 1 N–H and O–H groups in total. The molecule has 1 aromatic rings. The molecule has 0 radical (unpaired) electrons. The van der Waals surface area contributed by atoms with Gasteiger partial charge in [0.15, 0.2) is 0 Å². The van der Waals surface area contributed by atoms with Crippen LogP contribution in [0.5, 0.6) is 5.88 Å². The number of aliphatic hydroxyl groups excluding tert-OH is 1. The summed E-state index contributed by atoms with van der Waals surface area (Å²) in [7, 11) is 1.60. The summed E-state index contributed by atoms with van der Waals surface area (Å²) in [5.74, 6) is 0.668. The molecule has 0 aliphatic carbocycles. The Bertz CT molecular complexity index is 347. The summed E-state index contributed by atoms with van der Waals surface area (Å²) in [5.41, 5.74) is 0. The molecule has 2 heterocycles. The smallest absolute Gasteiger partial charge is 0.213 e. The number of nitrogens with zero attached hydrogens (tertiary/aromatic N) is 2. The van der Waals surface area contributed by atoms with Crippen LogP contribution in [0.1, 0.15) is 6.42 Å². The Kier molecular flexibility index (Phi) is 4.92. The van der Waals surface area contributed by atoms with Gasteiger partial charge < -0.3 is 14.6 Å². The second-order valence-electron chi connectivity index (χ2n) is 4.57. The van der Waals surface area contributed by atoms with Gasteiger partial charge in [-0.15, -0.1) is 0 Å². The molecule has 0 spiro atoms. The molecule has 2 rings (SSSR count). The Balaban J connectivity index is 1.75. The van der Waals surface area contributed by atoms with Crippen molar-refractivity contribution < 1.29 is 14.6 Å². The first-order valence-electron chi connectivity index (χ1n) is 6.25. The molecule has 1 aliphatic rings. The zero-order valence-corrected chi connectivity index (χ0v) is 10.7. The molecule has 1 aliphatic heterocycles. The van der Waals surface area contributed by atoms with Crippen LogP contribution in [-0.2, 0) is 4.74 Å². The van der Waals surface area contributed by atoms with Crippen LogP contribution in [0.2, 0.25) is 0 Å². The number of methoxy groups -OCH3 is 1. The van der Waals surface area contributed by atoms with Crippen molar-refractivity contribution in [3.63, 3.8) is 0 Å². The zero-order valence-electron chi connectivity index (χ0n) is 10.7. The highest BCUT2D eigenvalue weighted by Gasteiger charge is 2.25. The lowest BCUT2D eigenvalue weighted by molar-refractivity contribution is 0.0406. The highest BCUT2D eigenvalue weighted by atomic mass is 16.5. The van der Waals surface area contributed by atoms with Crippen LogP contribution in [0.4, 0.5) is 0 Å². The quantitative estimate of drug-likeness (QED) is 0.801. The highest BCUT2D eigenvalue weighted by Crippen LogP contribution is 2.16. The molecule has 1 fully saturated rings. The maximum atomic E-state index is 9.67. The van der Waals surface area contributed by atoms with Crippen molar-refractivity contribution >= 4 is 0 Å². The average molecular weight is 252 g/mol. The first-order chi connectivity index (χ1) is 8.78. The number of aromatic nitrogens is 1. The van der Waals surface area contributed by atoms with Gasteiger partial charge in [0.1, 0.15) is 6.10 Å². The summed E-state index contributed by atoms with van der Waals surface area (Å²) in [6, 6.07) is 5.65. The third-order valence-corrected chi connectivity index (χ3v) is 2.98. The fourth-order valence-corrected chi connectivity index (χ4v) is 2.19. The predicted molar refractivity (Wildman–Crippen MR) is 67.6 cm³/mol. The number of aliphatic hydroxyl groups is 1. The van der Waals surface area contributed by atoms with Gasteiger partial charge in [0.25, 0.3) is 0 Å². The van der Waals surface area contributed by atoms with Crippen molar-refractivity contribution in [1.82, 2.24) is 9.88 Å². The minimum Gasteiger partial charge on any atom is -0.473 e. The van der Waals surface area contributed by atoms with Crippen molar-refractivity contribution in [2.75, 3.05) is 33.4 Å². The number of pyridine rings is 1. The van der Waals surface area contributed by atoms with E-state index in [0.717, 1.165) is 19.5 Å². The van der Waals surface area contributed by atoms with Crippen LogP contribution in [0.15, 0.2) is 24.4 Å². The van der Waals surface area contributed by atoms with Crippen LogP contribution in [0, 0.1) is 0 Å². The molecule has 0 saturated carbocycles. The number of hydrogen-bond acceptors (Lipinski definition) is 5. The summed E-state index contributed by atoms with van der Waals surface area (Å²) in [5, 5.41) is 9.67. The van der Waals surface area contributed by atoms with Gasteiger partial charge in [-0.05, 0) is 12.5 Å². The van der Waals surface area contributed by atoms with Gasteiger partial charge in [0.2, 0.25) is 5.88 Å². The molecule has 5 heteroatoms. The molecule has 1 aromatic heterocycles. The van der Waals surface area contributed by atoms with Crippen molar-refractivity contribution in [3.8, 4) is 5.88 Å². The maximum absolute atomic E-state index is 9.67.